The van der Waals surface area contributed by atoms with Crippen molar-refractivity contribution in [3.63, 3.8) is 0 Å². The average molecular weight is 318 g/mol. The van der Waals surface area contributed by atoms with Crippen molar-refractivity contribution in [2.24, 2.45) is 5.10 Å². The van der Waals surface area contributed by atoms with Crippen molar-refractivity contribution in [1.29, 1.82) is 0 Å². The summed E-state index contributed by atoms with van der Waals surface area (Å²) in [6, 6.07) is 10.2. The zero-order chi connectivity index (χ0) is 16.7. The largest absolute Gasteiger partial charge is 0.504 e. The number of nitrogens with zero attached hydrogens (tertiary/aromatic N) is 1. The minimum absolute atomic E-state index is 0.0736. The molecule has 0 aliphatic rings. The molecule has 2 aromatic rings. The Labute approximate surface area is 132 Å². The molecule has 0 saturated heterocycles. The highest BCUT2D eigenvalue weighted by molar-refractivity contribution is 5.86. The van der Waals surface area contributed by atoms with Crippen LogP contribution < -0.4 is 14.9 Å². The van der Waals surface area contributed by atoms with Crippen molar-refractivity contribution in [3.05, 3.63) is 53.8 Å². The molecule has 0 unspecified atom stereocenters. The number of aromatic hydroxyl groups is 1. The smallest absolute Gasteiger partial charge is 0.277 e. The normalized spacial score (nSPS) is 10.5. The molecular formula is C16H15FN2O4. The van der Waals surface area contributed by atoms with Crippen LogP contribution in [-0.4, -0.2) is 30.9 Å². The number of amides is 1. The molecule has 1 amide bonds. The lowest BCUT2D eigenvalue weighted by molar-refractivity contribution is -0.123. The monoisotopic (exact) mass is 318 g/mol. The second-order valence-electron chi connectivity index (χ2n) is 4.43. The summed E-state index contributed by atoms with van der Waals surface area (Å²) in [5, 5.41) is 13.6. The lowest BCUT2D eigenvalue weighted by atomic mass is 10.2. The van der Waals surface area contributed by atoms with E-state index in [1.54, 1.807) is 18.2 Å². The SMILES string of the molecule is COc1cccc(/C=N/NC(=O)COc2ccc(F)cc2)c1O. The third-order valence-corrected chi connectivity index (χ3v) is 2.83. The number of benzene rings is 2. The molecular weight excluding hydrogens is 303 g/mol. The maximum absolute atomic E-state index is 12.7. The van der Waals surface area contributed by atoms with Crippen LogP contribution >= 0.6 is 0 Å². The van der Waals surface area contributed by atoms with E-state index in [0.29, 0.717) is 17.1 Å². The van der Waals surface area contributed by atoms with E-state index >= 15 is 0 Å². The minimum atomic E-state index is -0.493. The van der Waals surface area contributed by atoms with Gasteiger partial charge in [0.15, 0.2) is 18.1 Å². The molecule has 2 rings (SSSR count). The Bertz CT molecular complexity index is 702. The van der Waals surface area contributed by atoms with Gasteiger partial charge < -0.3 is 14.6 Å². The van der Waals surface area contributed by atoms with E-state index < -0.39 is 5.91 Å². The number of halogens is 1. The van der Waals surface area contributed by atoms with Gasteiger partial charge in [-0.25, -0.2) is 9.82 Å². The van der Waals surface area contributed by atoms with Crippen molar-refractivity contribution in [3.8, 4) is 17.2 Å². The van der Waals surface area contributed by atoms with Crippen molar-refractivity contribution in [2.75, 3.05) is 13.7 Å². The molecule has 0 atom stereocenters. The van der Waals surface area contributed by atoms with Crippen molar-refractivity contribution < 1.29 is 23.8 Å². The summed E-state index contributed by atoms with van der Waals surface area (Å²) >= 11 is 0. The molecule has 0 aliphatic heterocycles. The van der Waals surface area contributed by atoms with E-state index in [1.165, 1.54) is 37.6 Å². The van der Waals surface area contributed by atoms with Crippen LogP contribution in [0.5, 0.6) is 17.2 Å². The van der Waals surface area contributed by atoms with Gasteiger partial charge in [0.2, 0.25) is 0 Å². The molecule has 0 aliphatic carbocycles. The molecule has 0 aromatic heterocycles. The van der Waals surface area contributed by atoms with Crippen molar-refractivity contribution in [2.45, 2.75) is 0 Å². The number of hydrogen-bond acceptors (Lipinski definition) is 5. The fourth-order valence-corrected chi connectivity index (χ4v) is 1.69. The minimum Gasteiger partial charge on any atom is -0.504 e. The maximum atomic E-state index is 12.7. The Hall–Kier alpha value is -3.09. The molecule has 2 N–H and O–H groups in total. The van der Waals surface area contributed by atoms with Crippen LogP contribution in [0.4, 0.5) is 4.39 Å². The number of phenolic OH excluding ortho intramolecular Hbond substituents is 1. The van der Waals surface area contributed by atoms with Crippen molar-refractivity contribution >= 4 is 12.1 Å². The number of methoxy groups -OCH3 is 1. The van der Waals surface area contributed by atoms with E-state index in [-0.39, 0.29) is 18.2 Å². The lowest BCUT2D eigenvalue weighted by Gasteiger charge is -2.06. The molecule has 7 heteroatoms. The summed E-state index contributed by atoms with van der Waals surface area (Å²) in [5.41, 5.74) is 2.65. The van der Waals surface area contributed by atoms with Crippen LogP contribution in [0.3, 0.4) is 0 Å². The predicted octanol–water partition coefficient (Wildman–Crippen LogP) is 2.07. The number of ether oxygens (including phenoxy) is 2. The van der Waals surface area contributed by atoms with Gasteiger partial charge in [-0.05, 0) is 36.4 Å². The topological polar surface area (TPSA) is 80.2 Å². The second-order valence-corrected chi connectivity index (χ2v) is 4.43. The van der Waals surface area contributed by atoms with Crippen LogP contribution in [0.15, 0.2) is 47.6 Å². The van der Waals surface area contributed by atoms with E-state index in [0.717, 1.165) is 0 Å². The van der Waals surface area contributed by atoms with Gasteiger partial charge in [0.1, 0.15) is 11.6 Å². The summed E-state index contributed by atoms with van der Waals surface area (Å²) in [6.07, 6.45) is 1.29. The first-order valence-electron chi connectivity index (χ1n) is 6.66. The van der Waals surface area contributed by atoms with Crippen LogP contribution in [0.1, 0.15) is 5.56 Å². The molecule has 0 heterocycles. The number of hydrazone groups is 1. The van der Waals surface area contributed by atoms with E-state index in [2.05, 4.69) is 10.5 Å². The molecule has 0 spiro atoms. The Kier molecular flexibility index (Phi) is 5.51. The first kappa shape index (κ1) is 16.3. The maximum Gasteiger partial charge on any atom is 0.277 e. The average Bonchev–Trinajstić information content (AvgIpc) is 2.56. The summed E-state index contributed by atoms with van der Waals surface area (Å²) in [6.45, 7) is -0.271. The number of rotatable bonds is 6. The van der Waals surface area contributed by atoms with Crippen LogP contribution in [0.2, 0.25) is 0 Å². The molecule has 0 fully saturated rings. The molecule has 0 bridgehead atoms. The summed E-state index contributed by atoms with van der Waals surface area (Å²) < 4.78 is 22.8. The molecule has 23 heavy (non-hydrogen) atoms. The van der Waals surface area contributed by atoms with E-state index in [1.807, 2.05) is 0 Å². The van der Waals surface area contributed by atoms with E-state index in [9.17, 15) is 14.3 Å². The van der Waals surface area contributed by atoms with Gasteiger partial charge in [-0.1, -0.05) is 6.07 Å². The van der Waals surface area contributed by atoms with Crippen LogP contribution in [0.25, 0.3) is 0 Å². The van der Waals surface area contributed by atoms with Gasteiger partial charge in [-0.15, -0.1) is 0 Å². The Morgan fingerprint density at radius 1 is 1.30 bits per heavy atom. The fourth-order valence-electron chi connectivity index (χ4n) is 1.69. The molecule has 2 aromatic carbocycles. The zero-order valence-corrected chi connectivity index (χ0v) is 12.3. The van der Waals surface area contributed by atoms with Gasteiger partial charge in [0.05, 0.1) is 13.3 Å². The van der Waals surface area contributed by atoms with Crippen molar-refractivity contribution in [1.82, 2.24) is 5.43 Å². The second kappa shape index (κ2) is 7.79. The van der Waals surface area contributed by atoms with Crippen LogP contribution in [-0.2, 0) is 4.79 Å². The third kappa shape index (κ3) is 4.70. The van der Waals surface area contributed by atoms with E-state index in [4.69, 9.17) is 9.47 Å². The summed E-state index contributed by atoms with van der Waals surface area (Å²) in [4.78, 5) is 11.6. The first-order valence-corrected chi connectivity index (χ1v) is 6.66. The van der Waals surface area contributed by atoms with Gasteiger partial charge in [-0.2, -0.15) is 5.10 Å². The number of phenols is 1. The van der Waals surface area contributed by atoms with Gasteiger partial charge in [-0.3, -0.25) is 4.79 Å². The fraction of sp³-hybridized carbons (Fsp3) is 0.125. The van der Waals surface area contributed by atoms with Gasteiger partial charge >= 0.3 is 0 Å². The highest BCUT2D eigenvalue weighted by atomic mass is 19.1. The number of hydrogen-bond donors (Lipinski definition) is 2. The first-order chi connectivity index (χ1) is 11.1. The molecule has 6 nitrogen and oxygen atoms in total. The zero-order valence-electron chi connectivity index (χ0n) is 12.3. The molecule has 0 saturated carbocycles. The van der Waals surface area contributed by atoms with Crippen LogP contribution in [0, 0.1) is 5.82 Å². The standard InChI is InChI=1S/C16H15FN2O4/c1-22-14-4-2-3-11(16(14)21)9-18-19-15(20)10-23-13-7-5-12(17)6-8-13/h2-9,21H,10H2,1H3,(H,19,20)/b18-9+. The Balaban J connectivity index is 1.85. The Morgan fingerprint density at radius 2 is 2.04 bits per heavy atom. The summed E-state index contributed by atoms with van der Waals surface area (Å²) in [5.74, 6) is -0.274. The predicted molar refractivity (Wildman–Crippen MR) is 82.3 cm³/mol. The number of carbonyl (C=O) groups is 1. The third-order valence-electron chi connectivity index (χ3n) is 2.83. The summed E-state index contributed by atoms with van der Waals surface area (Å²) in [7, 11) is 1.44. The lowest BCUT2D eigenvalue weighted by Crippen LogP contribution is -2.24. The number of nitrogens with one attached hydrogen (secondary N) is 1. The quantitative estimate of drug-likeness (QED) is 0.631. The molecule has 0 radical (unpaired) electrons. The Morgan fingerprint density at radius 3 is 2.74 bits per heavy atom. The highest BCUT2D eigenvalue weighted by Gasteiger charge is 2.05. The highest BCUT2D eigenvalue weighted by Crippen LogP contribution is 2.27. The van der Waals surface area contributed by atoms with Gasteiger partial charge in [0, 0.05) is 5.56 Å². The molecule has 120 valence electrons. The number of para-hydroxylation sites is 1. The number of carbonyl (C=O) groups excluding carboxylic acids is 1. The van der Waals surface area contributed by atoms with Gasteiger partial charge in [0.25, 0.3) is 5.91 Å².